The summed E-state index contributed by atoms with van der Waals surface area (Å²) in [5.74, 6) is 0. The zero-order valence-electron chi connectivity index (χ0n) is 11.8. The van der Waals surface area contributed by atoms with E-state index < -0.39 is 0 Å². The van der Waals surface area contributed by atoms with E-state index >= 15 is 0 Å². The molecule has 106 valence electrons. The van der Waals surface area contributed by atoms with Gasteiger partial charge in [-0.1, -0.05) is 32.5 Å². The summed E-state index contributed by atoms with van der Waals surface area (Å²) in [6.45, 7) is 6.84. The molecule has 1 atom stereocenters. The quantitative estimate of drug-likeness (QED) is 0.698. The number of aliphatic hydroxyl groups is 1. The molecule has 0 aromatic carbocycles. The van der Waals surface area contributed by atoms with Crippen LogP contribution in [0.15, 0.2) is 0 Å². The molecule has 4 heteroatoms. The summed E-state index contributed by atoms with van der Waals surface area (Å²) in [5, 5.41) is 9.10. The highest BCUT2D eigenvalue weighted by atomic mass is 32.1. The maximum absolute atomic E-state index is 9.10. The predicted molar refractivity (Wildman–Crippen MR) is 80.7 cm³/mol. The molecule has 3 N–H and O–H groups in total. The lowest BCUT2D eigenvalue weighted by molar-refractivity contribution is 0.115. The predicted octanol–water partition coefficient (Wildman–Crippen LogP) is 2.32. The zero-order chi connectivity index (χ0) is 13.6. The van der Waals surface area contributed by atoms with Crippen molar-refractivity contribution in [1.82, 2.24) is 4.90 Å². The van der Waals surface area contributed by atoms with E-state index in [0.717, 1.165) is 25.8 Å². The molecule has 0 aliphatic carbocycles. The second-order valence-electron chi connectivity index (χ2n) is 6.05. The van der Waals surface area contributed by atoms with E-state index in [1.165, 1.54) is 25.8 Å². The van der Waals surface area contributed by atoms with Crippen molar-refractivity contribution in [2.45, 2.75) is 58.4 Å². The third-order valence-electron chi connectivity index (χ3n) is 4.13. The smallest absolute Gasteiger partial charge is 0.0784 e. The molecule has 0 aromatic heterocycles. The van der Waals surface area contributed by atoms with E-state index in [1.54, 1.807) is 0 Å². The Labute approximate surface area is 117 Å². The first-order valence-electron chi connectivity index (χ1n) is 7.12. The zero-order valence-corrected chi connectivity index (χ0v) is 12.6. The summed E-state index contributed by atoms with van der Waals surface area (Å²) in [7, 11) is 0. The molecular formula is C14H28N2OS. The number of rotatable bonds is 7. The Morgan fingerprint density at radius 2 is 2.17 bits per heavy atom. The number of hydrogen-bond donors (Lipinski definition) is 2. The van der Waals surface area contributed by atoms with Crippen LogP contribution in [0.3, 0.4) is 0 Å². The van der Waals surface area contributed by atoms with Gasteiger partial charge >= 0.3 is 0 Å². The largest absolute Gasteiger partial charge is 0.396 e. The van der Waals surface area contributed by atoms with Crippen LogP contribution in [0.4, 0.5) is 0 Å². The molecule has 3 nitrogen and oxygen atoms in total. The minimum atomic E-state index is -0.0302. The Kier molecular flexibility index (Phi) is 6.53. The van der Waals surface area contributed by atoms with Crippen LogP contribution in [-0.4, -0.2) is 40.7 Å². The number of nitrogens with zero attached hydrogens (tertiary/aromatic N) is 1. The Bertz CT molecular complexity index is 267. The molecular weight excluding hydrogens is 244 g/mol. The van der Waals surface area contributed by atoms with Crippen molar-refractivity contribution in [1.29, 1.82) is 0 Å². The third kappa shape index (κ3) is 4.82. The second-order valence-corrected chi connectivity index (χ2v) is 6.49. The number of thiocarbonyl (C=S) groups is 1. The standard InChI is InChI=1S/C14H28N2OS/c1-14(2,13(15)18)8-5-10-16-9-4-3-6-12(16)7-11-17/h12,17H,3-11H2,1-2H3,(H2,15,18). The summed E-state index contributed by atoms with van der Waals surface area (Å²) in [5.41, 5.74) is 5.72. The van der Waals surface area contributed by atoms with Crippen LogP contribution in [0.1, 0.15) is 52.4 Å². The summed E-state index contributed by atoms with van der Waals surface area (Å²) < 4.78 is 0. The fourth-order valence-electron chi connectivity index (χ4n) is 2.68. The molecule has 0 bridgehead atoms. The van der Waals surface area contributed by atoms with Crippen molar-refractivity contribution in [2.75, 3.05) is 19.7 Å². The minimum Gasteiger partial charge on any atom is -0.396 e. The van der Waals surface area contributed by atoms with Crippen LogP contribution in [0.25, 0.3) is 0 Å². The lowest BCUT2D eigenvalue weighted by atomic mass is 9.87. The molecule has 0 radical (unpaired) electrons. The molecule has 0 saturated carbocycles. The summed E-state index contributed by atoms with van der Waals surface area (Å²) in [4.78, 5) is 3.16. The van der Waals surface area contributed by atoms with E-state index in [9.17, 15) is 0 Å². The molecule has 1 aliphatic heterocycles. The average Bonchev–Trinajstić information content (AvgIpc) is 2.31. The highest BCUT2D eigenvalue weighted by molar-refractivity contribution is 7.80. The van der Waals surface area contributed by atoms with E-state index in [4.69, 9.17) is 23.1 Å². The van der Waals surface area contributed by atoms with Gasteiger partial charge in [-0.3, -0.25) is 0 Å². The number of aliphatic hydroxyl groups excluding tert-OH is 1. The van der Waals surface area contributed by atoms with Crippen molar-refractivity contribution in [3.63, 3.8) is 0 Å². The van der Waals surface area contributed by atoms with Crippen LogP contribution < -0.4 is 5.73 Å². The molecule has 1 saturated heterocycles. The molecule has 1 rings (SSSR count). The van der Waals surface area contributed by atoms with E-state index in [1.807, 2.05) is 0 Å². The number of nitrogens with two attached hydrogens (primary N) is 1. The van der Waals surface area contributed by atoms with Crippen molar-refractivity contribution in [2.24, 2.45) is 11.1 Å². The van der Waals surface area contributed by atoms with Crippen LogP contribution in [-0.2, 0) is 0 Å². The van der Waals surface area contributed by atoms with Crippen molar-refractivity contribution >= 4 is 17.2 Å². The van der Waals surface area contributed by atoms with Gasteiger partial charge < -0.3 is 15.7 Å². The molecule has 1 heterocycles. The number of hydrogen-bond acceptors (Lipinski definition) is 3. The first-order valence-corrected chi connectivity index (χ1v) is 7.53. The van der Waals surface area contributed by atoms with Crippen LogP contribution >= 0.6 is 12.2 Å². The first kappa shape index (κ1) is 15.9. The second kappa shape index (κ2) is 7.41. The van der Waals surface area contributed by atoms with Gasteiger partial charge in [-0.25, -0.2) is 0 Å². The van der Waals surface area contributed by atoms with Gasteiger partial charge in [-0.15, -0.1) is 0 Å². The maximum atomic E-state index is 9.10. The Morgan fingerprint density at radius 1 is 1.44 bits per heavy atom. The molecule has 0 spiro atoms. The summed E-state index contributed by atoms with van der Waals surface area (Å²) in [6, 6.07) is 0.580. The van der Waals surface area contributed by atoms with Gasteiger partial charge in [0.15, 0.2) is 0 Å². The SMILES string of the molecule is CC(C)(CCCN1CCCCC1CCO)C(N)=S. The van der Waals surface area contributed by atoms with E-state index in [0.29, 0.717) is 17.6 Å². The highest BCUT2D eigenvalue weighted by Crippen LogP contribution is 2.25. The molecule has 18 heavy (non-hydrogen) atoms. The first-order chi connectivity index (χ1) is 8.47. The topological polar surface area (TPSA) is 49.5 Å². The Morgan fingerprint density at radius 3 is 2.78 bits per heavy atom. The minimum absolute atomic E-state index is 0.0302. The Hall–Kier alpha value is -0.190. The highest BCUT2D eigenvalue weighted by Gasteiger charge is 2.24. The third-order valence-corrected chi connectivity index (χ3v) is 4.68. The monoisotopic (exact) mass is 272 g/mol. The lowest BCUT2D eigenvalue weighted by Crippen LogP contribution is -2.41. The fourth-order valence-corrected chi connectivity index (χ4v) is 2.78. The van der Waals surface area contributed by atoms with Crippen LogP contribution in [0, 0.1) is 5.41 Å². The maximum Gasteiger partial charge on any atom is 0.0784 e. The fraction of sp³-hybridized carbons (Fsp3) is 0.929. The molecule has 0 aromatic rings. The summed E-state index contributed by atoms with van der Waals surface area (Å²) >= 11 is 5.10. The molecule has 0 amide bonds. The Balaban J connectivity index is 2.34. The van der Waals surface area contributed by atoms with Crippen molar-refractivity contribution < 1.29 is 5.11 Å². The summed E-state index contributed by atoms with van der Waals surface area (Å²) in [6.07, 6.45) is 6.93. The van der Waals surface area contributed by atoms with Gasteiger partial charge in [0.05, 0.1) is 4.99 Å². The van der Waals surface area contributed by atoms with Gasteiger partial charge in [0, 0.05) is 18.1 Å². The lowest BCUT2D eigenvalue weighted by Gasteiger charge is -2.36. The van der Waals surface area contributed by atoms with E-state index in [-0.39, 0.29) is 5.41 Å². The molecule has 1 unspecified atom stereocenters. The normalized spacial score (nSPS) is 22.1. The van der Waals surface area contributed by atoms with Crippen molar-refractivity contribution in [3.05, 3.63) is 0 Å². The van der Waals surface area contributed by atoms with Gasteiger partial charge in [-0.05, 0) is 45.2 Å². The van der Waals surface area contributed by atoms with Crippen molar-refractivity contribution in [3.8, 4) is 0 Å². The number of piperidine rings is 1. The van der Waals surface area contributed by atoms with Gasteiger partial charge in [0.25, 0.3) is 0 Å². The van der Waals surface area contributed by atoms with Crippen LogP contribution in [0.2, 0.25) is 0 Å². The van der Waals surface area contributed by atoms with E-state index in [2.05, 4.69) is 18.7 Å². The number of likely N-dealkylation sites (tertiary alicyclic amines) is 1. The molecule has 1 fully saturated rings. The average molecular weight is 272 g/mol. The van der Waals surface area contributed by atoms with Crippen LogP contribution in [0.5, 0.6) is 0 Å². The van der Waals surface area contributed by atoms with Gasteiger partial charge in [-0.2, -0.15) is 0 Å². The molecule has 1 aliphatic rings. The van der Waals surface area contributed by atoms with Gasteiger partial charge in [0.1, 0.15) is 0 Å². The van der Waals surface area contributed by atoms with Gasteiger partial charge in [0.2, 0.25) is 0 Å².